The smallest absolute Gasteiger partial charge is 0.224 e. The summed E-state index contributed by atoms with van der Waals surface area (Å²) in [6.45, 7) is 6.50. The molecule has 6 heteroatoms. The van der Waals surface area contributed by atoms with Gasteiger partial charge in [0.2, 0.25) is 11.9 Å². The Bertz CT molecular complexity index is 670. The van der Waals surface area contributed by atoms with Crippen LogP contribution in [0.4, 0.5) is 23.1 Å². The van der Waals surface area contributed by atoms with Crippen LogP contribution in [-0.4, -0.2) is 22.4 Å². The minimum Gasteiger partial charge on any atom is -0.354 e. The highest BCUT2D eigenvalue weighted by atomic mass is 16.1. The Kier molecular flexibility index (Phi) is 6.54. The average Bonchev–Trinajstić information content (AvgIpc) is 2.52. The van der Waals surface area contributed by atoms with E-state index < -0.39 is 0 Å². The molecule has 0 saturated heterocycles. The number of hydrogen-bond donors (Lipinski definition) is 3. The normalized spacial score (nSPS) is 10.3. The third-order valence-electron chi connectivity index (χ3n) is 3.40. The van der Waals surface area contributed by atoms with Gasteiger partial charge in [-0.25, -0.2) is 4.98 Å². The number of nitrogens with zero attached hydrogens (tertiary/aromatic N) is 2. The van der Waals surface area contributed by atoms with Gasteiger partial charge in [-0.2, -0.15) is 4.98 Å². The van der Waals surface area contributed by atoms with E-state index in [1.807, 2.05) is 37.3 Å². The van der Waals surface area contributed by atoms with Crippen LogP contribution in [-0.2, 0) is 4.79 Å². The number of hydrogen-bond acceptors (Lipinski definition) is 5. The largest absolute Gasteiger partial charge is 0.354 e. The van der Waals surface area contributed by atoms with E-state index in [2.05, 4.69) is 32.8 Å². The van der Waals surface area contributed by atoms with Gasteiger partial charge in [-0.15, -0.1) is 0 Å². The summed E-state index contributed by atoms with van der Waals surface area (Å²) >= 11 is 0. The van der Waals surface area contributed by atoms with Gasteiger partial charge in [-0.1, -0.05) is 19.8 Å². The first kappa shape index (κ1) is 17.7. The Morgan fingerprint density at radius 2 is 1.79 bits per heavy atom. The van der Waals surface area contributed by atoms with Gasteiger partial charge in [-0.3, -0.25) is 4.79 Å². The molecule has 1 aromatic heterocycles. The van der Waals surface area contributed by atoms with Gasteiger partial charge < -0.3 is 16.0 Å². The van der Waals surface area contributed by atoms with E-state index in [1.54, 1.807) is 0 Å². The molecule has 0 atom stereocenters. The van der Waals surface area contributed by atoms with Gasteiger partial charge >= 0.3 is 0 Å². The lowest BCUT2D eigenvalue weighted by atomic mass is 10.2. The van der Waals surface area contributed by atoms with E-state index in [-0.39, 0.29) is 5.91 Å². The van der Waals surface area contributed by atoms with E-state index >= 15 is 0 Å². The summed E-state index contributed by atoms with van der Waals surface area (Å²) in [4.78, 5) is 19.9. The van der Waals surface area contributed by atoms with E-state index in [9.17, 15) is 4.79 Å². The molecular weight excluding hydrogens is 302 g/mol. The fourth-order valence-electron chi connectivity index (χ4n) is 2.27. The van der Waals surface area contributed by atoms with Crippen molar-refractivity contribution in [3.63, 3.8) is 0 Å². The molecule has 2 rings (SSSR count). The predicted octanol–water partition coefficient (Wildman–Crippen LogP) is 4.09. The maximum Gasteiger partial charge on any atom is 0.224 e. The van der Waals surface area contributed by atoms with Gasteiger partial charge in [-0.05, 0) is 37.6 Å². The summed E-state index contributed by atoms with van der Waals surface area (Å²) < 4.78 is 0. The molecule has 0 aliphatic rings. The van der Waals surface area contributed by atoms with Crippen LogP contribution in [0.25, 0.3) is 0 Å². The van der Waals surface area contributed by atoms with Crippen molar-refractivity contribution in [1.29, 1.82) is 0 Å². The van der Waals surface area contributed by atoms with E-state index in [4.69, 9.17) is 0 Å². The molecule has 1 amide bonds. The first-order chi connectivity index (χ1) is 11.6. The summed E-state index contributed by atoms with van der Waals surface area (Å²) in [5.41, 5.74) is 2.57. The number of aromatic nitrogens is 2. The van der Waals surface area contributed by atoms with Crippen LogP contribution >= 0.6 is 0 Å². The lowest BCUT2D eigenvalue weighted by Crippen LogP contribution is -2.08. The Labute approximate surface area is 143 Å². The molecule has 0 unspecified atom stereocenters. The number of carbonyl (C=O) groups excluding carboxylic acids is 1. The lowest BCUT2D eigenvalue weighted by Gasteiger charge is -2.10. The molecule has 6 nitrogen and oxygen atoms in total. The number of anilines is 4. The third-order valence-corrected chi connectivity index (χ3v) is 3.40. The summed E-state index contributed by atoms with van der Waals surface area (Å²) in [6.07, 6.45) is 3.50. The molecule has 0 spiro atoms. The van der Waals surface area contributed by atoms with Crippen molar-refractivity contribution in [2.45, 2.75) is 40.0 Å². The first-order valence-corrected chi connectivity index (χ1v) is 8.31. The number of amides is 1. The molecular formula is C18H25N5O. The number of aryl methyl sites for hydroxylation is 1. The maximum absolute atomic E-state index is 11.0. The molecule has 0 aliphatic carbocycles. The summed E-state index contributed by atoms with van der Waals surface area (Å²) in [5.74, 6) is 1.30. The zero-order valence-corrected chi connectivity index (χ0v) is 14.5. The molecule has 3 N–H and O–H groups in total. The topological polar surface area (TPSA) is 78.9 Å². The van der Waals surface area contributed by atoms with Crippen molar-refractivity contribution < 1.29 is 4.79 Å². The fraction of sp³-hybridized carbons (Fsp3) is 0.389. The standard InChI is InChI=1S/C18H25N5O/c1-4-5-6-11-19-18-20-13(2)12-17(23-18)22-16-9-7-15(8-10-16)21-14(3)24/h7-10,12H,4-6,11H2,1-3H3,(H,21,24)(H2,19,20,22,23). The van der Waals surface area contributed by atoms with Crippen LogP contribution < -0.4 is 16.0 Å². The minimum atomic E-state index is -0.0825. The molecule has 128 valence electrons. The SMILES string of the molecule is CCCCCNc1nc(C)cc(Nc2ccc(NC(C)=O)cc2)n1. The van der Waals surface area contributed by atoms with Crippen molar-refractivity contribution >= 4 is 29.0 Å². The summed E-state index contributed by atoms with van der Waals surface area (Å²) in [6, 6.07) is 9.40. The number of benzene rings is 1. The monoisotopic (exact) mass is 327 g/mol. The highest BCUT2D eigenvalue weighted by Crippen LogP contribution is 2.19. The lowest BCUT2D eigenvalue weighted by molar-refractivity contribution is -0.114. The van der Waals surface area contributed by atoms with Gasteiger partial charge in [0.25, 0.3) is 0 Å². The highest BCUT2D eigenvalue weighted by molar-refractivity contribution is 5.88. The summed E-state index contributed by atoms with van der Waals surface area (Å²) in [5, 5.41) is 9.28. The van der Waals surface area contributed by atoms with Gasteiger partial charge in [0.05, 0.1) is 0 Å². The predicted molar refractivity (Wildman–Crippen MR) is 98.8 cm³/mol. The quantitative estimate of drug-likeness (QED) is 0.636. The number of carbonyl (C=O) groups is 1. The van der Waals surface area contributed by atoms with Crippen LogP contribution in [0, 0.1) is 6.92 Å². The minimum absolute atomic E-state index is 0.0825. The molecule has 0 aliphatic heterocycles. The van der Waals surface area contributed by atoms with Crippen LogP contribution in [0.2, 0.25) is 0 Å². The second kappa shape index (κ2) is 8.86. The van der Waals surface area contributed by atoms with E-state index in [0.29, 0.717) is 5.95 Å². The number of rotatable bonds is 8. The van der Waals surface area contributed by atoms with E-state index in [1.165, 1.54) is 19.8 Å². The molecule has 2 aromatic rings. The van der Waals surface area contributed by atoms with Crippen LogP contribution in [0.15, 0.2) is 30.3 Å². The fourth-order valence-corrected chi connectivity index (χ4v) is 2.27. The zero-order chi connectivity index (χ0) is 17.4. The molecule has 24 heavy (non-hydrogen) atoms. The van der Waals surface area contributed by atoms with Gasteiger partial charge in [0.1, 0.15) is 5.82 Å². The Morgan fingerprint density at radius 1 is 1.08 bits per heavy atom. The number of nitrogens with one attached hydrogen (secondary N) is 3. The molecule has 0 fully saturated rings. The van der Waals surface area contributed by atoms with Crippen molar-refractivity contribution in [1.82, 2.24) is 9.97 Å². The molecule has 0 radical (unpaired) electrons. The summed E-state index contributed by atoms with van der Waals surface area (Å²) in [7, 11) is 0. The molecule has 0 bridgehead atoms. The van der Waals surface area contributed by atoms with Gasteiger partial charge in [0, 0.05) is 36.6 Å². The highest BCUT2D eigenvalue weighted by Gasteiger charge is 2.03. The second-order valence-electron chi connectivity index (χ2n) is 5.74. The third kappa shape index (κ3) is 5.87. The van der Waals surface area contributed by atoms with Crippen LogP contribution in [0.5, 0.6) is 0 Å². The molecule has 1 aromatic carbocycles. The zero-order valence-electron chi connectivity index (χ0n) is 14.5. The molecule has 0 saturated carbocycles. The molecule has 1 heterocycles. The average molecular weight is 327 g/mol. The second-order valence-corrected chi connectivity index (χ2v) is 5.74. The van der Waals surface area contributed by atoms with Crippen molar-refractivity contribution in [2.24, 2.45) is 0 Å². The van der Waals surface area contributed by atoms with Crippen molar-refractivity contribution in [2.75, 3.05) is 22.5 Å². The maximum atomic E-state index is 11.0. The van der Waals surface area contributed by atoms with E-state index in [0.717, 1.165) is 35.9 Å². The first-order valence-electron chi connectivity index (χ1n) is 8.31. The van der Waals surface area contributed by atoms with Crippen molar-refractivity contribution in [3.8, 4) is 0 Å². The van der Waals surface area contributed by atoms with Gasteiger partial charge in [0.15, 0.2) is 0 Å². The Balaban J connectivity index is 2.00. The number of unbranched alkanes of at least 4 members (excludes halogenated alkanes) is 2. The Hall–Kier alpha value is -2.63. The van der Waals surface area contributed by atoms with Crippen LogP contribution in [0.3, 0.4) is 0 Å². The Morgan fingerprint density at radius 3 is 2.46 bits per heavy atom. The van der Waals surface area contributed by atoms with Crippen LogP contribution in [0.1, 0.15) is 38.8 Å². The van der Waals surface area contributed by atoms with Crippen molar-refractivity contribution in [3.05, 3.63) is 36.0 Å².